The number of carbonyl (C=O) groups excluding carboxylic acids is 1. The largest absolute Gasteiger partial charge is 0.475 e. The fourth-order valence-electron chi connectivity index (χ4n) is 2.14. The average molecular weight is 252 g/mol. The molecule has 1 rings (SSSR count). The highest BCUT2D eigenvalue weighted by atomic mass is 16.4. The lowest BCUT2D eigenvalue weighted by Gasteiger charge is -2.22. The number of furan rings is 1. The second-order valence-corrected chi connectivity index (χ2v) is 5.97. The minimum absolute atomic E-state index is 0.133. The van der Waals surface area contributed by atoms with Crippen LogP contribution in [0.25, 0.3) is 0 Å². The highest BCUT2D eigenvalue weighted by Gasteiger charge is 2.21. The molecule has 18 heavy (non-hydrogen) atoms. The maximum absolute atomic E-state index is 11.9. The summed E-state index contributed by atoms with van der Waals surface area (Å²) in [5.41, 5.74) is 0.176. The molecule has 1 aromatic heterocycles. The van der Waals surface area contributed by atoms with Gasteiger partial charge in [0.25, 0.3) is 0 Å². The summed E-state index contributed by atoms with van der Waals surface area (Å²) in [5.74, 6) is -1.11. The van der Waals surface area contributed by atoms with Crippen LogP contribution in [0.15, 0.2) is 16.5 Å². The summed E-state index contributed by atoms with van der Waals surface area (Å²) in [4.78, 5) is 22.5. The van der Waals surface area contributed by atoms with Crippen LogP contribution in [0.1, 0.15) is 61.6 Å². The number of carboxylic acids is 1. The lowest BCUT2D eigenvalue weighted by molar-refractivity contribution is 0.0659. The Morgan fingerprint density at radius 3 is 2.28 bits per heavy atom. The van der Waals surface area contributed by atoms with E-state index in [-0.39, 0.29) is 28.6 Å². The summed E-state index contributed by atoms with van der Waals surface area (Å²) in [6.45, 7) is 8.40. The Kier molecular flexibility index (Phi) is 4.33. The van der Waals surface area contributed by atoms with Crippen molar-refractivity contribution in [2.45, 2.75) is 40.5 Å². The third-order valence-corrected chi connectivity index (χ3v) is 2.59. The van der Waals surface area contributed by atoms with Crippen LogP contribution >= 0.6 is 0 Å². The van der Waals surface area contributed by atoms with Gasteiger partial charge >= 0.3 is 5.97 Å². The first-order valence-corrected chi connectivity index (χ1v) is 6.05. The molecule has 0 aliphatic rings. The number of Topliss-reactive ketones (excluding diaryl/α,β-unsaturated/α-hetero) is 1. The van der Waals surface area contributed by atoms with Crippen molar-refractivity contribution >= 4 is 11.8 Å². The second kappa shape index (κ2) is 5.38. The van der Waals surface area contributed by atoms with Gasteiger partial charge in [-0.3, -0.25) is 4.79 Å². The fourth-order valence-corrected chi connectivity index (χ4v) is 2.14. The van der Waals surface area contributed by atoms with Gasteiger partial charge < -0.3 is 9.52 Å². The van der Waals surface area contributed by atoms with Crippen molar-refractivity contribution in [3.05, 3.63) is 23.7 Å². The van der Waals surface area contributed by atoms with Gasteiger partial charge in [-0.15, -0.1) is 0 Å². The molecular weight excluding hydrogens is 232 g/mol. The molecule has 0 bridgehead atoms. The first-order chi connectivity index (χ1) is 8.19. The molecule has 0 saturated carbocycles. The number of rotatable bonds is 5. The first-order valence-electron chi connectivity index (χ1n) is 6.05. The molecule has 1 atom stereocenters. The summed E-state index contributed by atoms with van der Waals surface area (Å²) in [7, 11) is 0. The van der Waals surface area contributed by atoms with Crippen LogP contribution in [-0.4, -0.2) is 16.9 Å². The number of ketones is 1. The van der Waals surface area contributed by atoms with E-state index in [0.717, 1.165) is 6.42 Å². The highest BCUT2D eigenvalue weighted by Crippen LogP contribution is 2.27. The zero-order valence-electron chi connectivity index (χ0n) is 11.3. The molecule has 1 N–H and O–H groups in total. The summed E-state index contributed by atoms with van der Waals surface area (Å²) in [5, 5.41) is 8.71. The molecule has 1 unspecified atom stereocenters. The van der Waals surface area contributed by atoms with Crippen LogP contribution in [0, 0.1) is 11.3 Å². The van der Waals surface area contributed by atoms with E-state index < -0.39 is 5.97 Å². The van der Waals surface area contributed by atoms with E-state index in [4.69, 9.17) is 9.52 Å². The number of carbonyl (C=O) groups is 2. The average Bonchev–Trinajstić information content (AvgIpc) is 2.62. The minimum atomic E-state index is -1.16. The molecule has 0 aromatic carbocycles. The van der Waals surface area contributed by atoms with Crippen LogP contribution < -0.4 is 0 Å². The molecule has 4 heteroatoms. The van der Waals surface area contributed by atoms with Crippen molar-refractivity contribution in [1.82, 2.24) is 0 Å². The monoisotopic (exact) mass is 252 g/mol. The molecular formula is C14H20O4. The maximum Gasteiger partial charge on any atom is 0.371 e. The van der Waals surface area contributed by atoms with Crippen molar-refractivity contribution in [2.75, 3.05) is 0 Å². The normalized spacial score (nSPS) is 13.3. The molecule has 0 amide bonds. The molecule has 0 fully saturated rings. The zero-order valence-corrected chi connectivity index (χ0v) is 11.3. The van der Waals surface area contributed by atoms with Gasteiger partial charge in [-0.05, 0) is 29.9 Å². The fraction of sp³-hybridized carbons (Fsp3) is 0.571. The van der Waals surface area contributed by atoms with Gasteiger partial charge in [0.15, 0.2) is 11.5 Å². The van der Waals surface area contributed by atoms with E-state index in [1.807, 2.05) is 6.92 Å². The summed E-state index contributed by atoms with van der Waals surface area (Å²) in [6, 6.07) is 2.74. The van der Waals surface area contributed by atoms with E-state index in [0.29, 0.717) is 6.42 Å². The van der Waals surface area contributed by atoms with Crippen LogP contribution in [-0.2, 0) is 0 Å². The lowest BCUT2D eigenvalue weighted by atomic mass is 9.83. The molecule has 1 aromatic rings. The predicted octanol–water partition coefficient (Wildman–Crippen LogP) is 3.62. The smallest absolute Gasteiger partial charge is 0.371 e. The maximum atomic E-state index is 11.9. The third kappa shape index (κ3) is 4.35. The summed E-state index contributed by atoms with van der Waals surface area (Å²) in [6.07, 6.45) is 1.31. The topological polar surface area (TPSA) is 67.5 Å². The minimum Gasteiger partial charge on any atom is -0.475 e. The quantitative estimate of drug-likeness (QED) is 0.812. The van der Waals surface area contributed by atoms with E-state index in [1.54, 1.807) is 0 Å². The lowest BCUT2D eigenvalue weighted by Crippen LogP contribution is -2.14. The van der Waals surface area contributed by atoms with E-state index in [9.17, 15) is 9.59 Å². The van der Waals surface area contributed by atoms with Crippen molar-refractivity contribution in [2.24, 2.45) is 11.3 Å². The van der Waals surface area contributed by atoms with E-state index >= 15 is 0 Å². The predicted molar refractivity (Wildman–Crippen MR) is 67.9 cm³/mol. The van der Waals surface area contributed by atoms with Gasteiger partial charge in [0.05, 0.1) is 0 Å². The van der Waals surface area contributed by atoms with Gasteiger partial charge in [0.1, 0.15) is 0 Å². The van der Waals surface area contributed by atoms with Crippen molar-refractivity contribution in [3.63, 3.8) is 0 Å². The van der Waals surface area contributed by atoms with Gasteiger partial charge in [0.2, 0.25) is 5.76 Å². The van der Waals surface area contributed by atoms with E-state index in [1.165, 1.54) is 12.1 Å². The van der Waals surface area contributed by atoms with Gasteiger partial charge in [-0.25, -0.2) is 4.79 Å². The molecule has 0 aliphatic carbocycles. The number of carboxylic acid groups (broad SMARTS) is 1. The Morgan fingerprint density at radius 1 is 1.28 bits per heavy atom. The van der Waals surface area contributed by atoms with Gasteiger partial charge in [0, 0.05) is 6.42 Å². The van der Waals surface area contributed by atoms with Crippen LogP contribution in [0.4, 0.5) is 0 Å². The SMILES string of the molecule is CC(CC(=O)c1ccc(C(=O)O)o1)CC(C)(C)C. The Labute approximate surface area is 107 Å². The Bertz CT molecular complexity index is 437. The number of hydrogen-bond acceptors (Lipinski definition) is 3. The molecule has 1 heterocycles. The number of aromatic carboxylic acids is 1. The van der Waals surface area contributed by atoms with Crippen molar-refractivity contribution in [1.29, 1.82) is 0 Å². The molecule has 0 spiro atoms. The Morgan fingerprint density at radius 2 is 1.83 bits per heavy atom. The molecule has 0 aliphatic heterocycles. The van der Waals surface area contributed by atoms with E-state index in [2.05, 4.69) is 20.8 Å². The van der Waals surface area contributed by atoms with Gasteiger partial charge in [-0.1, -0.05) is 27.7 Å². The van der Waals surface area contributed by atoms with Crippen LogP contribution in [0.2, 0.25) is 0 Å². The number of hydrogen-bond donors (Lipinski definition) is 1. The standard InChI is InChI=1S/C14H20O4/c1-9(8-14(2,3)4)7-10(15)11-5-6-12(18-11)13(16)17/h5-6,9H,7-8H2,1-4H3,(H,16,17). The Balaban J connectivity index is 2.62. The first kappa shape index (κ1) is 14.5. The molecule has 0 radical (unpaired) electrons. The molecule has 100 valence electrons. The highest BCUT2D eigenvalue weighted by molar-refractivity contribution is 5.95. The van der Waals surface area contributed by atoms with Crippen LogP contribution in [0.5, 0.6) is 0 Å². The van der Waals surface area contributed by atoms with Crippen LogP contribution in [0.3, 0.4) is 0 Å². The van der Waals surface area contributed by atoms with Crippen molar-refractivity contribution < 1.29 is 19.1 Å². The summed E-state index contributed by atoms with van der Waals surface area (Å²) < 4.78 is 4.99. The Hall–Kier alpha value is -1.58. The second-order valence-electron chi connectivity index (χ2n) is 5.97. The molecule has 4 nitrogen and oxygen atoms in total. The summed E-state index contributed by atoms with van der Waals surface area (Å²) >= 11 is 0. The third-order valence-electron chi connectivity index (χ3n) is 2.59. The molecule has 0 saturated heterocycles. The van der Waals surface area contributed by atoms with Crippen molar-refractivity contribution in [3.8, 4) is 0 Å². The van der Waals surface area contributed by atoms with Gasteiger partial charge in [-0.2, -0.15) is 0 Å². The zero-order chi connectivity index (χ0) is 13.9.